The molecule has 2 aromatic heterocycles. The normalized spacial score (nSPS) is 13.5. The first-order valence-corrected chi connectivity index (χ1v) is 7.46. The average Bonchev–Trinajstić information content (AvgIpc) is 3.04. The van der Waals surface area contributed by atoms with Crippen molar-refractivity contribution in [3.8, 4) is 0 Å². The molecule has 1 aliphatic rings. The molecule has 0 fully saturated rings. The van der Waals surface area contributed by atoms with Crippen LogP contribution in [0, 0.1) is 0 Å². The molecule has 100 valence electrons. The molecule has 3 heterocycles. The molecular weight excluding hydrogens is 284 g/mol. The first-order valence-electron chi connectivity index (χ1n) is 6.10. The number of thioether (sulfide) groups is 1. The van der Waals surface area contributed by atoms with Crippen LogP contribution in [0.3, 0.4) is 0 Å². The molecule has 19 heavy (non-hydrogen) atoms. The Morgan fingerprint density at radius 2 is 2.37 bits per heavy atom. The Labute approximate surface area is 120 Å². The molecule has 6 nitrogen and oxygen atoms in total. The lowest BCUT2D eigenvalue weighted by Gasteiger charge is -2.09. The molecule has 0 saturated carbocycles. The van der Waals surface area contributed by atoms with Gasteiger partial charge in [-0.05, 0) is 18.0 Å². The fourth-order valence-corrected chi connectivity index (χ4v) is 3.21. The van der Waals surface area contributed by atoms with Gasteiger partial charge in [-0.25, -0.2) is 4.98 Å². The highest BCUT2D eigenvalue weighted by molar-refractivity contribution is 7.99. The molecule has 0 aliphatic carbocycles. The van der Waals surface area contributed by atoms with Crippen molar-refractivity contribution in [1.82, 2.24) is 25.0 Å². The fourth-order valence-electron chi connectivity index (χ4n) is 1.96. The number of aryl methyl sites for hydroxylation is 2. The van der Waals surface area contributed by atoms with Gasteiger partial charge in [-0.2, -0.15) is 4.98 Å². The average molecular weight is 297 g/mol. The summed E-state index contributed by atoms with van der Waals surface area (Å²) in [4.78, 5) is 9.66. The predicted molar refractivity (Wildman–Crippen MR) is 74.6 cm³/mol. The van der Waals surface area contributed by atoms with E-state index >= 15 is 0 Å². The van der Waals surface area contributed by atoms with Gasteiger partial charge >= 0.3 is 0 Å². The summed E-state index contributed by atoms with van der Waals surface area (Å²) in [5, 5.41) is 11.3. The Hall–Kier alpha value is -1.34. The quantitative estimate of drug-likeness (QED) is 0.671. The van der Waals surface area contributed by atoms with E-state index < -0.39 is 0 Å². The third kappa shape index (κ3) is 2.98. The van der Waals surface area contributed by atoms with Crippen molar-refractivity contribution in [3.05, 3.63) is 23.4 Å². The summed E-state index contributed by atoms with van der Waals surface area (Å²) in [7, 11) is 0. The highest BCUT2D eigenvalue weighted by atomic mass is 35.5. The molecule has 3 rings (SSSR count). The summed E-state index contributed by atoms with van der Waals surface area (Å²) in [6.07, 6.45) is 5.45. The number of nitrogens with one attached hydrogen (secondary N) is 1. The molecule has 0 radical (unpaired) electrons. The van der Waals surface area contributed by atoms with Crippen molar-refractivity contribution < 1.29 is 0 Å². The van der Waals surface area contributed by atoms with Gasteiger partial charge in [0.1, 0.15) is 5.82 Å². The molecule has 8 heteroatoms. The SMILES string of the molecule is Clc1nc2c(c(NCCCn3ccnn3)n1)SCC2. The summed E-state index contributed by atoms with van der Waals surface area (Å²) in [5.41, 5.74) is 1.06. The molecule has 2 aromatic rings. The van der Waals surface area contributed by atoms with Gasteiger partial charge in [0.25, 0.3) is 0 Å². The van der Waals surface area contributed by atoms with E-state index in [0.717, 1.165) is 48.1 Å². The van der Waals surface area contributed by atoms with Crippen molar-refractivity contribution in [1.29, 1.82) is 0 Å². The van der Waals surface area contributed by atoms with Crippen LogP contribution >= 0.6 is 23.4 Å². The zero-order valence-corrected chi connectivity index (χ0v) is 11.8. The monoisotopic (exact) mass is 296 g/mol. The molecule has 0 amide bonds. The molecule has 0 unspecified atom stereocenters. The molecule has 0 atom stereocenters. The minimum atomic E-state index is 0.319. The number of anilines is 1. The van der Waals surface area contributed by atoms with Crippen molar-refractivity contribution in [2.75, 3.05) is 17.6 Å². The molecule has 0 spiro atoms. The van der Waals surface area contributed by atoms with Gasteiger partial charge < -0.3 is 5.32 Å². The molecule has 1 aliphatic heterocycles. The Morgan fingerprint density at radius 1 is 1.42 bits per heavy atom. The predicted octanol–water partition coefficient (Wildman–Crippen LogP) is 1.87. The van der Waals surface area contributed by atoms with Crippen LogP contribution in [0.2, 0.25) is 5.28 Å². The summed E-state index contributed by atoms with van der Waals surface area (Å²) >= 11 is 7.71. The van der Waals surface area contributed by atoms with Crippen LogP contribution in [0.15, 0.2) is 17.3 Å². The van der Waals surface area contributed by atoms with E-state index in [-0.39, 0.29) is 0 Å². The number of aromatic nitrogens is 5. The van der Waals surface area contributed by atoms with Crippen LogP contribution in [0.1, 0.15) is 12.1 Å². The lowest BCUT2D eigenvalue weighted by atomic mass is 10.3. The Balaban J connectivity index is 1.58. The van der Waals surface area contributed by atoms with Gasteiger partial charge in [0.05, 0.1) is 16.8 Å². The first kappa shape index (κ1) is 12.7. The third-order valence-electron chi connectivity index (χ3n) is 2.82. The summed E-state index contributed by atoms with van der Waals surface area (Å²) in [6.45, 7) is 1.65. The number of fused-ring (bicyclic) bond motifs is 1. The molecule has 0 saturated heterocycles. The first-order chi connectivity index (χ1) is 9.33. The van der Waals surface area contributed by atoms with E-state index in [0.29, 0.717) is 5.28 Å². The largest absolute Gasteiger partial charge is 0.369 e. The van der Waals surface area contributed by atoms with E-state index in [1.54, 1.807) is 18.0 Å². The number of rotatable bonds is 5. The molecule has 1 N–H and O–H groups in total. The van der Waals surface area contributed by atoms with Gasteiger partial charge in [-0.15, -0.1) is 16.9 Å². The fraction of sp³-hybridized carbons (Fsp3) is 0.455. The molecule has 0 bridgehead atoms. The number of hydrogen-bond acceptors (Lipinski definition) is 6. The second kappa shape index (κ2) is 5.75. The second-order valence-electron chi connectivity index (χ2n) is 4.16. The zero-order valence-electron chi connectivity index (χ0n) is 10.2. The maximum absolute atomic E-state index is 5.93. The van der Waals surface area contributed by atoms with E-state index in [1.165, 1.54) is 0 Å². The summed E-state index contributed by atoms with van der Waals surface area (Å²) < 4.78 is 1.81. The van der Waals surface area contributed by atoms with Gasteiger partial charge in [0.15, 0.2) is 0 Å². The van der Waals surface area contributed by atoms with Crippen LogP contribution in [-0.4, -0.2) is 37.3 Å². The highest BCUT2D eigenvalue weighted by Gasteiger charge is 2.19. The van der Waals surface area contributed by atoms with Crippen LogP contribution in [-0.2, 0) is 13.0 Å². The lowest BCUT2D eigenvalue weighted by molar-refractivity contribution is 0.569. The number of halogens is 1. The minimum absolute atomic E-state index is 0.319. The maximum Gasteiger partial charge on any atom is 0.224 e. The third-order valence-corrected chi connectivity index (χ3v) is 4.12. The summed E-state index contributed by atoms with van der Waals surface area (Å²) in [5.74, 6) is 1.91. The van der Waals surface area contributed by atoms with E-state index in [4.69, 9.17) is 11.6 Å². The second-order valence-corrected chi connectivity index (χ2v) is 5.61. The number of nitrogens with zero attached hydrogens (tertiary/aromatic N) is 5. The van der Waals surface area contributed by atoms with Crippen molar-refractivity contribution in [2.24, 2.45) is 0 Å². The topological polar surface area (TPSA) is 68.5 Å². The molecular formula is C11H13ClN6S. The van der Waals surface area contributed by atoms with Crippen molar-refractivity contribution >= 4 is 29.2 Å². The van der Waals surface area contributed by atoms with Gasteiger partial charge in [0.2, 0.25) is 5.28 Å². The van der Waals surface area contributed by atoms with Crippen LogP contribution < -0.4 is 5.32 Å². The number of hydrogen-bond donors (Lipinski definition) is 1. The van der Waals surface area contributed by atoms with Gasteiger partial charge in [-0.3, -0.25) is 4.68 Å². The van der Waals surface area contributed by atoms with Crippen LogP contribution in [0.25, 0.3) is 0 Å². The summed E-state index contributed by atoms with van der Waals surface area (Å²) in [6, 6.07) is 0. The van der Waals surface area contributed by atoms with Gasteiger partial charge in [0, 0.05) is 31.5 Å². The van der Waals surface area contributed by atoms with Crippen molar-refractivity contribution in [3.63, 3.8) is 0 Å². The Morgan fingerprint density at radius 3 is 3.21 bits per heavy atom. The van der Waals surface area contributed by atoms with Crippen LogP contribution in [0.4, 0.5) is 5.82 Å². The zero-order chi connectivity index (χ0) is 13.1. The Kier molecular flexibility index (Phi) is 3.84. The lowest BCUT2D eigenvalue weighted by Crippen LogP contribution is -2.09. The minimum Gasteiger partial charge on any atom is -0.369 e. The van der Waals surface area contributed by atoms with Crippen molar-refractivity contribution in [2.45, 2.75) is 24.3 Å². The maximum atomic E-state index is 5.93. The van der Waals surface area contributed by atoms with E-state index in [2.05, 4.69) is 25.6 Å². The van der Waals surface area contributed by atoms with Crippen LogP contribution in [0.5, 0.6) is 0 Å². The molecule has 0 aromatic carbocycles. The Bertz CT molecular complexity index is 559. The highest BCUT2D eigenvalue weighted by Crippen LogP contribution is 2.35. The van der Waals surface area contributed by atoms with Gasteiger partial charge in [-0.1, -0.05) is 5.21 Å². The van der Waals surface area contributed by atoms with E-state index in [9.17, 15) is 0 Å². The standard InChI is InChI=1S/C11H13ClN6S/c12-11-15-8-2-7-19-9(8)10(16-11)13-3-1-5-18-6-4-14-17-18/h4,6H,1-3,5,7H2,(H,13,15,16). The smallest absolute Gasteiger partial charge is 0.224 e. The van der Waals surface area contributed by atoms with E-state index in [1.807, 2.05) is 10.9 Å².